The number of nitrogens with zero attached hydrogens (tertiary/aromatic N) is 1. The van der Waals surface area contributed by atoms with Crippen LogP contribution in [0.25, 0.3) is 0 Å². The number of hydrogen-bond acceptors (Lipinski definition) is 1. The summed E-state index contributed by atoms with van der Waals surface area (Å²) in [6, 6.07) is 0. The van der Waals surface area contributed by atoms with E-state index in [0.29, 0.717) is 0 Å². The average molecular weight is 180 g/mol. The molecule has 0 saturated carbocycles. The molecule has 0 rings (SSSR count). The standard InChI is InChI=1S/C8H20ClN2/c1-8(2,10-9)6-7-11(3,4)5/h10H,6-7H2,1-5H3/q+1. The van der Waals surface area contributed by atoms with Crippen molar-refractivity contribution in [2.45, 2.75) is 25.8 Å². The Balaban J connectivity index is 3.70. The van der Waals surface area contributed by atoms with Crippen LogP contribution in [0, 0.1) is 0 Å². The predicted octanol–water partition coefficient (Wildman–Crippen LogP) is 1.60. The van der Waals surface area contributed by atoms with Crippen molar-refractivity contribution in [3.05, 3.63) is 0 Å². The maximum Gasteiger partial charge on any atom is 0.0798 e. The van der Waals surface area contributed by atoms with E-state index in [1.807, 2.05) is 0 Å². The minimum atomic E-state index is 0.0487. The summed E-state index contributed by atoms with van der Waals surface area (Å²) >= 11 is 5.57. The van der Waals surface area contributed by atoms with E-state index in [2.05, 4.69) is 39.8 Å². The molecule has 11 heavy (non-hydrogen) atoms. The molecule has 3 heteroatoms. The van der Waals surface area contributed by atoms with Gasteiger partial charge in [-0.2, -0.15) is 0 Å². The maximum atomic E-state index is 5.57. The lowest BCUT2D eigenvalue weighted by molar-refractivity contribution is -0.870. The van der Waals surface area contributed by atoms with Crippen LogP contribution in [-0.4, -0.2) is 37.7 Å². The van der Waals surface area contributed by atoms with Crippen molar-refractivity contribution in [1.29, 1.82) is 0 Å². The van der Waals surface area contributed by atoms with Crippen molar-refractivity contribution in [3.8, 4) is 0 Å². The smallest absolute Gasteiger partial charge is 0.0798 e. The monoisotopic (exact) mass is 179 g/mol. The summed E-state index contributed by atoms with van der Waals surface area (Å²) in [5.41, 5.74) is 0.0487. The fourth-order valence-electron chi connectivity index (χ4n) is 0.662. The van der Waals surface area contributed by atoms with Crippen LogP contribution in [0.3, 0.4) is 0 Å². The van der Waals surface area contributed by atoms with E-state index in [9.17, 15) is 0 Å². The molecule has 0 saturated heterocycles. The zero-order chi connectivity index (χ0) is 9.12. The third-order valence-corrected chi connectivity index (χ3v) is 2.18. The Morgan fingerprint density at radius 1 is 1.27 bits per heavy atom. The SMILES string of the molecule is CC(C)(CC[N+](C)(C)C)NCl. The van der Waals surface area contributed by atoms with Crippen molar-refractivity contribution in [3.63, 3.8) is 0 Å². The van der Waals surface area contributed by atoms with Gasteiger partial charge in [0, 0.05) is 12.0 Å². The number of rotatable bonds is 4. The van der Waals surface area contributed by atoms with Crippen molar-refractivity contribution >= 4 is 11.8 Å². The second kappa shape index (κ2) is 3.74. The van der Waals surface area contributed by atoms with Crippen molar-refractivity contribution in [1.82, 2.24) is 4.84 Å². The number of nitrogens with one attached hydrogen (secondary N) is 1. The molecule has 1 N–H and O–H groups in total. The first-order valence-electron chi connectivity index (χ1n) is 3.95. The first-order chi connectivity index (χ1) is 4.77. The molecular weight excluding hydrogens is 160 g/mol. The molecule has 0 bridgehead atoms. The summed E-state index contributed by atoms with van der Waals surface area (Å²) in [4.78, 5) is 2.78. The lowest BCUT2D eigenvalue weighted by atomic mass is 10.0. The Morgan fingerprint density at radius 3 is 2.00 bits per heavy atom. The van der Waals surface area contributed by atoms with Gasteiger partial charge in [-0.05, 0) is 25.6 Å². The van der Waals surface area contributed by atoms with Gasteiger partial charge >= 0.3 is 0 Å². The van der Waals surface area contributed by atoms with Crippen LogP contribution in [-0.2, 0) is 0 Å². The van der Waals surface area contributed by atoms with E-state index in [4.69, 9.17) is 11.8 Å². The van der Waals surface area contributed by atoms with E-state index in [-0.39, 0.29) is 5.54 Å². The zero-order valence-corrected chi connectivity index (χ0v) is 9.00. The number of quaternary nitrogens is 1. The molecule has 0 unspecified atom stereocenters. The van der Waals surface area contributed by atoms with Gasteiger partial charge in [0.05, 0.1) is 27.7 Å². The fourth-order valence-corrected chi connectivity index (χ4v) is 0.757. The predicted molar refractivity (Wildman–Crippen MR) is 50.6 cm³/mol. The first-order valence-corrected chi connectivity index (χ1v) is 4.33. The van der Waals surface area contributed by atoms with E-state index < -0.39 is 0 Å². The maximum absolute atomic E-state index is 5.57. The second-order valence-corrected chi connectivity index (χ2v) is 4.93. The highest BCUT2D eigenvalue weighted by molar-refractivity contribution is 6.13. The summed E-state index contributed by atoms with van der Waals surface area (Å²) in [7, 11) is 6.55. The van der Waals surface area contributed by atoms with Gasteiger partial charge in [-0.25, -0.2) is 4.84 Å². The van der Waals surface area contributed by atoms with Gasteiger partial charge < -0.3 is 4.48 Å². The summed E-state index contributed by atoms with van der Waals surface area (Å²) in [5, 5.41) is 0. The largest absolute Gasteiger partial charge is 0.331 e. The summed E-state index contributed by atoms with van der Waals surface area (Å²) in [6.07, 6.45) is 1.08. The average Bonchev–Trinajstić information content (AvgIpc) is 1.83. The molecule has 68 valence electrons. The molecule has 2 nitrogen and oxygen atoms in total. The van der Waals surface area contributed by atoms with Gasteiger partial charge in [0.15, 0.2) is 0 Å². The van der Waals surface area contributed by atoms with Gasteiger partial charge in [-0.3, -0.25) is 0 Å². The normalized spacial score (nSPS) is 13.6. The van der Waals surface area contributed by atoms with Gasteiger partial charge in [-0.1, -0.05) is 0 Å². The summed E-state index contributed by atoms with van der Waals surface area (Å²) in [6.45, 7) is 5.35. The topological polar surface area (TPSA) is 12.0 Å². The highest BCUT2D eigenvalue weighted by Crippen LogP contribution is 2.10. The molecule has 0 aromatic rings. The molecule has 0 fully saturated rings. The molecule has 0 aromatic heterocycles. The van der Waals surface area contributed by atoms with Gasteiger partial charge in [0.1, 0.15) is 0 Å². The third kappa shape index (κ3) is 6.60. The van der Waals surface area contributed by atoms with Gasteiger partial charge in [0.25, 0.3) is 0 Å². The molecule has 0 amide bonds. The lowest BCUT2D eigenvalue weighted by Gasteiger charge is -2.29. The molecular formula is C8H20ClN2+. The molecule has 0 atom stereocenters. The van der Waals surface area contributed by atoms with Gasteiger partial charge in [-0.15, -0.1) is 0 Å². The molecule has 0 spiro atoms. The van der Waals surface area contributed by atoms with Crippen LogP contribution in [0.15, 0.2) is 0 Å². The van der Waals surface area contributed by atoms with Crippen LogP contribution in [0.1, 0.15) is 20.3 Å². The van der Waals surface area contributed by atoms with E-state index in [1.54, 1.807) is 0 Å². The fraction of sp³-hybridized carbons (Fsp3) is 1.00. The Kier molecular flexibility index (Phi) is 3.82. The summed E-state index contributed by atoms with van der Waals surface area (Å²) in [5.74, 6) is 0. The van der Waals surface area contributed by atoms with Crippen LogP contribution < -0.4 is 4.84 Å². The Bertz CT molecular complexity index is 116. The van der Waals surface area contributed by atoms with Crippen molar-refractivity contribution < 1.29 is 4.48 Å². The Morgan fingerprint density at radius 2 is 1.73 bits per heavy atom. The quantitative estimate of drug-likeness (QED) is 0.511. The van der Waals surface area contributed by atoms with E-state index in [1.165, 1.54) is 0 Å². The van der Waals surface area contributed by atoms with E-state index >= 15 is 0 Å². The minimum absolute atomic E-state index is 0.0487. The van der Waals surface area contributed by atoms with Crippen LogP contribution in [0.4, 0.5) is 0 Å². The highest BCUT2D eigenvalue weighted by atomic mass is 35.5. The minimum Gasteiger partial charge on any atom is -0.331 e. The molecule has 0 heterocycles. The van der Waals surface area contributed by atoms with Crippen molar-refractivity contribution in [2.75, 3.05) is 27.7 Å². The molecule has 0 aromatic carbocycles. The van der Waals surface area contributed by atoms with Crippen LogP contribution in [0.2, 0.25) is 0 Å². The van der Waals surface area contributed by atoms with Gasteiger partial charge in [0.2, 0.25) is 0 Å². The second-order valence-electron chi connectivity index (χ2n) is 4.74. The lowest BCUT2D eigenvalue weighted by Crippen LogP contribution is -2.42. The summed E-state index contributed by atoms with van der Waals surface area (Å²) < 4.78 is 0.988. The first kappa shape index (κ1) is 11.2. The number of halogens is 1. The molecule has 0 aliphatic heterocycles. The number of hydrogen-bond donors (Lipinski definition) is 1. The highest BCUT2D eigenvalue weighted by Gasteiger charge is 2.19. The molecule has 0 aliphatic rings. The van der Waals surface area contributed by atoms with Crippen LogP contribution in [0.5, 0.6) is 0 Å². The molecule has 0 radical (unpaired) electrons. The van der Waals surface area contributed by atoms with Crippen LogP contribution >= 0.6 is 11.8 Å². The van der Waals surface area contributed by atoms with E-state index in [0.717, 1.165) is 17.4 Å². The molecule has 0 aliphatic carbocycles. The van der Waals surface area contributed by atoms with Crippen molar-refractivity contribution in [2.24, 2.45) is 0 Å². The third-order valence-electron chi connectivity index (χ3n) is 1.66. The zero-order valence-electron chi connectivity index (χ0n) is 8.24. The Labute approximate surface area is 75.2 Å². The Hall–Kier alpha value is 0.210.